The summed E-state index contributed by atoms with van der Waals surface area (Å²) in [5.41, 5.74) is 0. The lowest BCUT2D eigenvalue weighted by atomic mass is 9.94. The van der Waals surface area contributed by atoms with Gasteiger partial charge >= 0.3 is 0 Å². The van der Waals surface area contributed by atoms with Crippen LogP contribution in [0, 0.1) is 11.8 Å². The summed E-state index contributed by atoms with van der Waals surface area (Å²) >= 11 is 0. The molecule has 106 valence electrons. The number of rotatable bonds is 5. The molecule has 3 unspecified atom stereocenters. The van der Waals surface area contributed by atoms with Crippen molar-refractivity contribution in [2.24, 2.45) is 11.8 Å². The van der Waals surface area contributed by atoms with Gasteiger partial charge in [-0.3, -0.25) is 0 Å². The first kappa shape index (κ1) is 14.3. The summed E-state index contributed by atoms with van der Waals surface area (Å²) in [5, 5.41) is 3.55. The molecule has 0 radical (unpaired) electrons. The van der Waals surface area contributed by atoms with Gasteiger partial charge in [0.05, 0.1) is 6.61 Å². The Hall–Kier alpha value is -0.120. The molecule has 0 aromatic carbocycles. The van der Waals surface area contributed by atoms with Gasteiger partial charge in [-0.15, -0.1) is 0 Å². The Morgan fingerprint density at radius 3 is 2.78 bits per heavy atom. The molecule has 0 aromatic rings. The molecule has 2 fully saturated rings. The van der Waals surface area contributed by atoms with E-state index in [4.69, 9.17) is 4.74 Å². The fraction of sp³-hybridized carbons (Fsp3) is 1.00. The first-order valence-corrected chi connectivity index (χ1v) is 7.72. The van der Waals surface area contributed by atoms with Gasteiger partial charge in [-0.05, 0) is 44.7 Å². The highest BCUT2D eigenvalue weighted by molar-refractivity contribution is 4.84. The van der Waals surface area contributed by atoms with E-state index >= 15 is 0 Å². The zero-order chi connectivity index (χ0) is 12.8. The van der Waals surface area contributed by atoms with Crippen LogP contribution in [-0.2, 0) is 4.74 Å². The Morgan fingerprint density at radius 2 is 2.00 bits per heavy atom. The molecule has 1 saturated heterocycles. The fourth-order valence-corrected chi connectivity index (χ4v) is 3.77. The largest absolute Gasteiger partial charge is 0.384 e. The maximum absolute atomic E-state index is 5.29. The first-order chi connectivity index (χ1) is 8.83. The van der Waals surface area contributed by atoms with Crippen molar-refractivity contribution < 1.29 is 4.74 Å². The number of hydrogen-bond donors (Lipinski definition) is 1. The highest BCUT2D eigenvalue weighted by atomic mass is 16.5. The number of likely N-dealkylation sites (tertiary alicyclic amines) is 1. The van der Waals surface area contributed by atoms with E-state index in [1.165, 1.54) is 58.2 Å². The molecule has 0 aromatic heterocycles. The third-order valence-electron chi connectivity index (χ3n) is 4.79. The van der Waals surface area contributed by atoms with Crippen molar-refractivity contribution in [3.63, 3.8) is 0 Å². The smallest absolute Gasteiger partial charge is 0.0503 e. The zero-order valence-corrected chi connectivity index (χ0v) is 12.2. The van der Waals surface area contributed by atoms with Gasteiger partial charge in [-0.2, -0.15) is 0 Å². The molecule has 1 aliphatic carbocycles. The number of hydrogen-bond acceptors (Lipinski definition) is 3. The van der Waals surface area contributed by atoms with Crippen molar-refractivity contribution in [3.8, 4) is 0 Å². The van der Waals surface area contributed by atoms with Crippen LogP contribution in [0.15, 0.2) is 0 Å². The summed E-state index contributed by atoms with van der Waals surface area (Å²) in [4.78, 5) is 2.67. The summed E-state index contributed by atoms with van der Waals surface area (Å²) in [7, 11) is 3.96. The maximum atomic E-state index is 5.29. The van der Waals surface area contributed by atoms with Crippen LogP contribution in [0.5, 0.6) is 0 Å². The Kier molecular flexibility index (Phi) is 5.93. The van der Waals surface area contributed by atoms with Crippen molar-refractivity contribution >= 4 is 0 Å². The minimum Gasteiger partial charge on any atom is -0.384 e. The van der Waals surface area contributed by atoms with E-state index in [0.29, 0.717) is 0 Å². The molecule has 0 amide bonds. The average Bonchev–Trinajstić information content (AvgIpc) is 2.69. The second-order valence-corrected chi connectivity index (χ2v) is 6.16. The predicted molar refractivity (Wildman–Crippen MR) is 75.8 cm³/mol. The van der Waals surface area contributed by atoms with Crippen LogP contribution in [0.4, 0.5) is 0 Å². The fourth-order valence-electron chi connectivity index (χ4n) is 3.77. The molecule has 3 atom stereocenters. The van der Waals surface area contributed by atoms with Crippen LogP contribution in [0.2, 0.25) is 0 Å². The van der Waals surface area contributed by atoms with Crippen LogP contribution in [0.25, 0.3) is 0 Å². The van der Waals surface area contributed by atoms with Gasteiger partial charge in [0.25, 0.3) is 0 Å². The van der Waals surface area contributed by atoms with Gasteiger partial charge in [-0.25, -0.2) is 0 Å². The second kappa shape index (κ2) is 7.46. The van der Waals surface area contributed by atoms with E-state index in [2.05, 4.69) is 17.3 Å². The van der Waals surface area contributed by atoms with Gasteiger partial charge in [0.2, 0.25) is 0 Å². The quantitative estimate of drug-likeness (QED) is 0.761. The van der Waals surface area contributed by atoms with E-state index in [1.807, 2.05) is 7.11 Å². The van der Waals surface area contributed by atoms with Gasteiger partial charge in [0.1, 0.15) is 0 Å². The minimum atomic E-state index is 0.744. The monoisotopic (exact) mass is 254 g/mol. The molecule has 2 aliphatic rings. The normalized spacial score (nSPS) is 34.7. The molecule has 0 bridgehead atoms. The number of methoxy groups -OCH3 is 1. The Labute approximate surface area is 112 Å². The average molecular weight is 254 g/mol. The molecule has 1 N–H and O–H groups in total. The summed E-state index contributed by atoms with van der Waals surface area (Å²) in [5.74, 6) is 1.63. The van der Waals surface area contributed by atoms with Crippen molar-refractivity contribution in [2.45, 2.75) is 44.6 Å². The van der Waals surface area contributed by atoms with Gasteiger partial charge in [-0.1, -0.05) is 19.3 Å². The zero-order valence-electron chi connectivity index (χ0n) is 12.2. The number of ether oxygens (including phenoxy) is 1. The summed E-state index contributed by atoms with van der Waals surface area (Å²) in [6.07, 6.45) is 8.38. The molecule has 1 heterocycles. The van der Waals surface area contributed by atoms with Crippen LogP contribution in [0.3, 0.4) is 0 Å². The lowest BCUT2D eigenvalue weighted by molar-refractivity contribution is 0.148. The van der Waals surface area contributed by atoms with Crippen molar-refractivity contribution in [3.05, 3.63) is 0 Å². The SMILES string of the molecule is CNC1CCCCCC1CN1CCC(COC)C1. The van der Waals surface area contributed by atoms with E-state index in [9.17, 15) is 0 Å². The topological polar surface area (TPSA) is 24.5 Å². The van der Waals surface area contributed by atoms with Crippen molar-refractivity contribution in [2.75, 3.05) is 40.4 Å². The Balaban J connectivity index is 1.80. The predicted octanol–water partition coefficient (Wildman–Crippen LogP) is 2.12. The molecule has 2 rings (SSSR count). The molecule has 3 nitrogen and oxygen atoms in total. The summed E-state index contributed by atoms with van der Waals surface area (Å²) in [6.45, 7) is 4.77. The summed E-state index contributed by atoms with van der Waals surface area (Å²) in [6, 6.07) is 0.744. The van der Waals surface area contributed by atoms with Crippen LogP contribution in [0.1, 0.15) is 38.5 Å². The third-order valence-corrected chi connectivity index (χ3v) is 4.79. The highest BCUT2D eigenvalue weighted by Gasteiger charge is 2.28. The van der Waals surface area contributed by atoms with E-state index in [1.54, 1.807) is 0 Å². The molecule has 1 aliphatic heterocycles. The van der Waals surface area contributed by atoms with Gasteiger partial charge < -0.3 is 15.0 Å². The molecular formula is C15H30N2O. The first-order valence-electron chi connectivity index (χ1n) is 7.72. The second-order valence-electron chi connectivity index (χ2n) is 6.16. The van der Waals surface area contributed by atoms with Crippen molar-refractivity contribution in [1.29, 1.82) is 0 Å². The molecule has 0 spiro atoms. The molecular weight excluding hydrogens is 224 g/mol. The Bertz CT molecular complexity index is 235. The number of nitrogens with one attached hydrogen (secondary N) is 1. The summed E-state index contributed by atoms with van der Waals surface area (Å²) < 4.78 is 5.29. The third kappa shape index (κ3) is 3.94. The standard InChI is InChI=1S/C15H30N2O/c1-16-15-7-5-3-4-6-14(15)11-17-9-8-13(10-17)12-18-2/h13-16H,3-12H2,1-2H3. The molecule has 3 heteroatoms. The van der Waals surface area contributed by atoms with Crippen molar-refractivity contribution in [1.82, 2.24) is 10.2 Å². The van der Waals surface area contributed by atoms with E-state index < -0.39 is 0 Å². The van der Waals surface area contributed by atoms with E-state index in [-0.39, 0.29) is 0 Å². The lowest BCUT2D eigenvalue weighted by Crippen LogP contribution is -2.40. The van der Waals surface area contributed by atoms with Crippen LogP contribution in [-0.4, -0.2) is 51.3 Å². The lowest BCUT2D eigenvalue weighted by Gasteiger charge is -2.29. The molecule has 18 heavy (non-hydrogen) atoms. The van der Waals surface area contributed by atoms with Crippen LogP contribution >= 0.6 is 0 Å². The van der Waals surface area contributed by atoms with E-state index in [0.717, 1.165) is 24.5 Å². The molecule has 1 saturated carbocycles. The maximum Gasteiger partial charge on any atom is 0.0503 e. The van der Waals surface area contributed by atoms with Gasteiger partial charge in [0, 0.05) is 26.2 Å². The minimum absolute atomic E-state index is 0.744. The number of nitrogens with zero attached hydrogens (tertiary/aromatic N) is 1. The highest BCUT2D eigenvalue weighted by Crippen LogP contribution is 2.26. The van der Waals surface area contributed by atoms with Gasteiger partial charge in [0.15, 0.2) is 0 Å². The van der Waals surface area contributed by atoms with Crippen LogP contribution < -0.4 is 5.32 Å². The Morgan fingerprint density at radius 1 is 1.17 bits per heavy atom.